The van der Waals surface area contributed by atoms with E-state index in [0.717, 1.165) is 13.0 Å². The van der Waals surface area contributed by atoms with E-state index >= 15 is 0 Å². The first-order valence-electron chi connectivity index (χ1n) is 5.15. The lowest BCUT2D eigenvalue weighted by molar-refractivity contribution is 0.0161. The van der Waals surface area contributed by atoms with Gasteiger partial charge < -0.3 is 19.5 Å². The van der Waals surface area contributed by atoms with Gasteiger partial charge in [0, 0.05) is 6.04 Å². The van der Waals surface area contributed by atoms with Crippen LogP contribution in [0.3, 0.4) is 0 Å². The van der Waals surface area contributed by atoms with Crippen molar-refractivity contribution in [1.29, 1.82) is 0 Å². The van der Waals surface area contributed by atoms with E-state index in [1.807, 2.05) is 0 Å². The minimum atomic E-state index is 0.0787. The topological polar surface area (TPSA) is 41.9 Å². The van der Waals surface area contributed by atoms with Crippen LogP contribution in [0.4, 0.5) is 0 Å². The largest absolute Gasteiger partial charge is 0.394 e. The van der Waals surface area contributed by atoms with E-state index in [0.29, 0.717) is 25.9 Å². The van der Waals surface area contributed by atoms with E-state index in [2.05, 4.69) is 25.9 Å². The predicted molar refractivity (Wildman–Crippen MR) is 56.5 cm³/mol. The third-order valence-corrected chi connectivity index (χ3v) is 2.12. The number of hydrogen-bond acceptors (Lipinski definition) is 4. The summed E-state index contributed by atoms with van der Waals surface area (Å²) in [5, 5.41) is 8.45. The van der Waals surface area contributed by atoms with Crippen molar-refractivity contribution in [3.63, 3.8) is 0 Å². The molecule has 0 aliphatic heterocycles. The summed E-state index contributed by atoms with van der Waals surface area (Å²) < 4.78 is 10.5. The van der Waals surface area contributed by atoms with Gasteiger partial charge in [0.2, 0.25) is 0 Å². The second-order valence-corrected chi connectivity index (χ2v) is 3.44. The van der Waals surface area contributed by atoms with Crippen LogP contribution in [0, 0.1) is 0 Å². The van der Waals surface area contributed by atoms with Crippen LogP contribution in [0.25, 0.3) is 0 Å². The molecular formula is C10H23NO3. The molecule has 0 aromatic carbocycles. The van der Waals surface area contributed by atoms with Crippen molar-refractivity contribution in [3.05, 3.63) is 0 Å². The molecule has 0 bridgehead atoms. The van der Waals surface area contributed by atoms with Crippen molar-refractivity contribution in [2.45, 2.75) is 19.4 Å². The third-order valence-electron chi connectivity index (χ3n) is 2.12. The first-order chi connectivity index (χ1) is 6.72. The Kier molecular flexibility index (Phi) is 9.29. The Morgan fingerprint density at radius 2 is 1.79 bits per heavy atom. The Morgan fingerprint density at radius 3 is 2.29 bits per heavy atom. The summed E-state index contributed by atoms with van der Waals surface area (Å²) in [5.41, 5.74) is 0. The van der Waals surface area contributed by atoms with Crippen molar-refractivity contribution in [1.82, 2.24) is 4.90 Å². The zero-order valence-corrected chi connectivity index (χ0v) is 9.53. The van der Waals surface area contributed by atoms with Gasteiger partial charge in [0.05, 0.1) is 33.0 Å². The molecule has 86 valence electrons. The SMILES string of the molecule is CCC(COCCOCCO)N(C)C. The number of hydrogen-bond donors (Lipinski definition) is 1. The number of aliphatic hydroxyl groups excluding tert-OH is 1. The lowest BCUT2D eigenvalue weighted by Crippen LogP contribution is -2.32. The molecule has 0 aromatic heterocycles. The fraction of sp³-hybridized carbons (Fsp3) is 1.00. The van der Waals surface area contributed by atoms with Gasteiger partial charge in [0.25, 0.3) is 0 Å². The first-order valence-corrected chi connectivity index (χ1v) is 5.15. The minimum absolute atomic E-state index is 0.0787. The number of ether oxygens (including phenoxy) is 2. The number of aliphatic hydroxyl groups is 1. The highest BCUT2D eigenvalue weighted by molar-refractivity contribution is 4.61. The molecule has 0 fully saturated rings. The van der Waals surface area contributed by atoms with Gasteiger partial charge in [-0.1, -0.05) is 6.92 Å². The summed E-state index contributed by atoms with van der Waals surface area (Å²) in [6.45, 7) is 4.53. The van der Waals surface area contributed by atoms with Gasteiger partial charge in [-0.3, -0.25) is 0 Å². The van der Waals surface area contributed by atoms with Crippen LogP contribution in [0.15, 0.2) is 0 Å². The molecule has 1 N–H and O–H groups in total. The first kappa shape index (κ1) is 13.8. The highest BCUT2D eigenvalue weighted by Gasteiger charge is 2.07. The fourth-order valence-electron chi connectivity index (χ4n) is 1.14. The van der Waals surface area contributed by atoms with Gasteiger partial charge in [-0.2, -0.15) is 0 Å². The third kappa shape index (κ3) is 7.26. The molecule has 1 atom stereocenters. The number of likely N-dealkylation sites (N-methyl/N-ethyl adjacent to an activating group) is 1. The van der Waals surface area contributed by atoms with Crippen LogP contribution >= 0.6 is 0 Å². The van der Waals surface area contributed by atoms with Gasteiger partial charge in [0.15, 0.2) is 0 Å². The fourth-order valence-corrected chi connectivity index (χ4v) is 1.14. The van der Waals surface area contributed by atoms with Crippen LogP contribution in [0.1, 0.15) is 13.3 Å². The van der Waals surface area contributed by atoms with Crippen LogP contribution in [-0.2, 0) is 9.47 Å². The van der Waals surface area contributed by atoms with Crippen molar-refractivity contribution in [2.75, 3.05) is 47.1 Å². The van der Waals surface area contributed by atoms with Gasteiger partial charge >= 0.3 is 0 Å². The maximum atomic E-state index is 8.45. The summed E-state index contributed by atoms with van der Waals surface area (Å²) in [5.74, 6) is 0. The summed E-state index contributed by atoms with van der Waals surface area (Å²) in [7, 11) is 4.11. The zero-order chi connectivity index (χ0) is 10.8. The van der Waals surface area contributed by atoms with Gasteiger partial charge in [-0.15, -0.1) is 0 Å². The Balaban J connectivity index is 3.25. The highest BCUT2D eigenvalue weighted by atomic mass is 16.5. The van der Waals surface area contributed by atoms with Gasteiger partial charge in [-0.25, -0.2) is 0 Å². The van der Waals surface area contributed by atoms with E-state index in [9.17, 15) is 0 Å². The molecule has 14 heavy (non-hydrogen) atoms. The van der Waals surface area contributed by atoms with Crippen molar-refractivity contribution >= 4 is 0 Å². The smallest absolute Gasteiger partial charge is 0.0701 e. The minimum Gasteiger partial charge on any atom is -0.394 e. The van der Waals surface area contributed by atoms with E-state index in [1.165, 1.54) is 0 Å². The number of nitrogens with zero attached hydrogens (tertiary/aromatic N) is 1. The molecule has 0 amide bonds. The lowest BCUT2D eigenvalue weighted by atomic mass is 10.2. The lowest BCUT2D eigenvalue weighted by Gasteiger charge is -2.22. The highest BCUT2D eigenvalue weighted by Crippen LogP contribution is 1.99. The summed E-state index contributed by atoms with van der Waals surface area (Å²) in [6, 6.07) is 0.479. The number of rotatable bonds is 9. The van der Waals surface area contributed by atoms with E-state index in [1.54, 1.807) is 0 Å². The second-order valence-electron chi connectivity index (χ2n) is 3.44. The quantitative estimate of drug-likeness (QED) is 0.552. The molecule has 0 aromatic rings. The van der Waals surface area contributed by atoms with E-state index in [4.69, 9.17) is 14.6 Å². The normalized spacial score (nSPS) is 13.5. The van der Waals surface area contributed by atoms with Crippen molar-refractivity contribution in [3.8, 4) is 0 Å². The predicted octanol–water partition coefficient (Wildman–Crippen LogP) is 0.352. The molecule has 0 saturated carbocycles. The molecule has 0 rings (SSSR count). The van der Waals surface area contributed by atoms with E-state index < -0.39 is 0 Å². The molecule has 0 radical (unpaired) electrons. The summed E-state index contributed by atoms with van der Waals surface area (Å²) >= 11 is 0. The van der Waals surface area contributed by atoms with E-state index in [-0.39, 0.29) is 6.61 Å². The summed E-state index contributed by atoms with van der Waals surface area (Å²) in [4.78, 5) is 2.16. The Bertz CT molecular complexity index is 120. The monoisotopic (exact) mass is 205 g/mol. The maximum Gasteiger partial charge on any atom is 0.0701 e. The molecule has 0 heterocycles. The molecular weight excluding hydrogens is 182 g/mol. The van der Waals surface area contributed by atoms with Crippen LogP contribution in [0.5, 0.6) is 0 Å². The molecule has 0 spiro atoms. The summed E-state index contributed by atoms with van der Waals surface area (Å²) in [6.07, 6.45) is 1.09. The van der Waals surface area contributed by atoms with Gasteiger partial charge in [-0.05, 0) is 20.5 Å². The Hall–Kier alpha value is -0.160. The molecule has 0 aliphatic rings. The Morgan fingerprint density at radius 1 is 1.14 bits per heavy atom. The molecule has 4 nitrogen and oxygen atoms in total. The van der Waals surface area contributed by atoms with Crippen LogP contribution in [-0.4, -0.2) is 63.2 Å². The van der Waals surface area contributed by atoms with Crippen LogP contribution in [0.2, 0.25) is 0 Å². The van der Waals surface area contributed by atoms with Crippen molar-refractivity contribution in [2.24, 2.45) is 0 Å². The van der Waals surface area contributed by atoms with Crippen LogP contribution < -0.4 is 0 Å². The maximum absolute atomic E-state index is 8.45. The van der Waals surface area contributed by atoms with Crippen molar-refractivity contribution < 1.29 is 14.6 Å². The molecule has 1 unspecified atom stereocenters. The molecule has 0 saturated heterocycles. The zero-order valence-electron chi connectivity index (χ0n) is 9.53. The molecule has 4 heteroatoms. The van der Waals surface area contributed by atoms with Gasteiger partial charge in [0.1, 0.15) is 0 Å². The standard InChI is InChI=1S/C10H23NO3/c1-4-10(11(2)3)9-14-8-7-13-6-5-12/h10,12H,4-9H2,1-3H3. The average molecular weight is 205 g/mol. The average Bonchev–Trinajstić information content (AvgIpc) is 2.16. The Labute approximate surface area is 86.8 Å². The molecule has 0 aliphatic carbocycles. The second kappa shape index (κ2) is 9.40.